The normalized spacial score (nSPS) is 17.9. The van der Waals surface area contributed by atoms with Crippen LogP contribution in [0.15, 0.2) is 23.2 Å². The Labute approximate surface area is 114 Å². The molecule has 1 fully saturated rings. The Morgan fingerprint density at radius 2 is 2.11 bits per heavy atom. The van der Waals surface area contributed by atoms with Gasteiger partial charge in [0.25, 0.3) is 0 Å². The summed E-state index contributed by atoms with van der Waals surface area (Å²) in [5.41, 5.74) is 0.319. The van der Waals surface area contributed by atoms with Crippen LogP contribution in [-0.2, 0) is 14.8 Å². The van der Waals surface area contributed by atoms with E-state index >= 15 is 0 Å². The van der Waals surface area contributed by atoms with E-state index in [-0.39, 0.29) is 4.90 Å². The van der Waals surface area contributed by atoms with Crippen LogP contribution in [0.2, 0.25) is 0 Å². The highest BCUT2D eigenvalue weighted by molar-refractivity contribution is 7.89. The Morgan fingerprint density at radius 3 is 2.84 bits per heavy atom. The van der Waals surface area contributed by atoms with Crippen molar-refractivity contribution < 1.29 is 13.2 Å². The largest absolute Gasteiger partial charge is 0.379 e. The quantitative estimate of drug-likeness (QED) is 0.813. The van der Waals surface area contributed by atoms with Gasteiger partial charge >= 0.3 is 0 Å². The average molecular weight is 300 g/mol. The van der Waals surface area contributed by atoms with Crippen molar-refractivity contribution in [2.45, 2.75) is 4.90 Å². The summed E-state index contributed by atoms with van der Waals surface area (Å²) in [5, 5.41) is 6.59. The summed E-state index contributed by atoms with van der Waals surface area (Å²) in [6, 6.07) is 3.18. The summed E-state index contributed by atoms with van der Waals surface area (Å²) >= 11 is 5.04. The zero-order valence-corrected chi connectivity index (χ0v) is 11.6. The number of ether oxygens (including phenoxy) is 1. The molecule has 1 aliphatic rings. The number of fused-ring (bicyclic) bond motifs is 1. The third-order valence-electron chi connectivity index (χ3n) is 3.00. The van der Waals surface area contributed by atoms with E-state index in [0.717, 1.165) is 0 Å². The molecular weight excluding hydrogens is 288 g/mol. The van der Waals surface area contributed by atoms with E-state index in [0.29, 0.717) is 36.7 Å². The minimum Gasteiger partial charge on any atom is -0.379 e. The first-order valence-electron chi connectivity index (χ1n) is 5.74. The first kappa shape index (κ1) is 12.7. The maximum atomic E-state index is 12.6. The van der Waals surface area contributed by atoms with E-state index < -0.39 is 10.0 Å². The second kappa shape index (κ2) is 4.67. The van der Waals surface area contributed by atoms with Crippen molar-refractivity contribution in [1.82, 2.24) is 18.9 Å². The molecule has 1 aliphatic heterocycles. The summed E-state index contributed by atoms with van der Waals surface area (Å²) in [4.78, 5) is 0.157. The van der Waals surface area contributed by atoms with Gasteiger partial charge in [0.15, 0.2) is 10.4 Å². The highest BCUT2D eigenvalue weighted by Gasteiger charge is 2.28. The topological polar surface area (TPSA) is 79.7 Å². The SMILES string of the molecule is O=S(=O)(c1cccn2c(=S)[nH]nc12)N1CCOCC1. The monoisotopic (exact) mass is 300 g/mol. The van der Waals surface area contributed by atoms with E-state index in [4.69, 9.17) is 17.0 Å². The lowest BCUT2D eigenvalue weighted by Gasteiger charge is -2.25. The Kier molecular flexibility index (Phi) is 3.13. The molecule has 0 radical (unpaired) electrons. The van der Waals surface area contributed by atoms with Crippen LogP contribution in [0, 0.1) is 4.77 Å². The van der Waals surface area contributed by atoms with Gasteiger partial charge < -0.3 is 4.74 Å². The van der Waals surface area contributed by atoms with Gasteiger partial charge in [-0.2, -0.15) is 9.40 Å². The van der Waals surface area contributed by atoms with Gasteiger partial charge in [-0.3, -0.25) is 9.50 Å². The van der Waals surface area contributed by atoms with Gasteiger partial charge in [-0.05, 0) is 24.4 Å². The highest BCUT2D eigenvalue weighted by Crippen LogP contribution is 2.20. The fraction of sp³-hybridized carbons (Fsp3) is 0.400. The van der Waals surface area contributed by atoms with Gasteiger partial charge in [-0.1, -0.05) is 0 Å². The minimum atomic E-state index is -3.57. The molecule has 102 valence electrons. The third-order valence-corrected chi connectivity index (χ3v) is 5.20. The molecule has 2 aromatic heterocycles. The van der Waals surface area contributed by atoms with Gasteiger partial charge in [-0.15, -0.1) is 0 Å². The Balaban J connectivity index is 2.15. The number of aromatic nitrogens is 3. The second-order valence-corrected chi connectivity index (χ2v) is 6.40. The molecule has 0 amide bonds. The van der Waals surface area contributed by atoms with E-state index in [1.807, 2.05) is 0 Å². The van der Waals surface area contributed by atoms with Gasteiger partial charge in [0, 0.05) is 19.3 Å². The molecule has 1 saturated heterocycles. The number of sulfonamides is 1. The summed E-state index contributed by atoms with van der Waals surface area (Å²) in [7, 11) is -3.57. The van der Waals surface area contributed by atoms with Crippen LogP contribution in [0.3, 0.4) is 0 Å². The predicted octanol–water partition coefficient (Wildman–Crippen LogP) is 0.413. The number of rotatable bonds is 2. The van der Waals surface area contributed by atoms with Crippen molar-refractivity contribution in [3.63, 3.8) is 0 Å². The molecule has 0 unspecified atom stereocenters. The molecule has 0 aromatic carbocycles. The number of pyridine rings is 1. The molecule has 3 rings (SSSR count). The zero-order valence-electron chi connectivity index (χ0n) is 9.94. The van der Waals surface area contributed by atoms with Crippen LogP contribution in [0.1, 0.15) is 0 Å². The Hall–Kier alpha value is -1.29. The third kappa shape index (κ3) is 2.08. The van der Waals surface area contributed by atoms with Crippen LogP contribution >= 0.6 is 12.2 Å². The number of morpholine rings is 1. The fourth-order valence-corrected chi connectivity index (χ4v) is 3.76. The van der Waals surface area contributed by atoms with Crippen LogP contribution in [0.25, 0.3) is 5.65 Å². The molecule has 0 bridgehead atoms. The molecule has 0 atom stereocenters. The molecule has 1 N–H and O–H groups in total. The van der Waals surface area contributed by atoms with E-state index in [9.17, 15) is 8.42 Å². The number of H-pyrrole nitrogens is 1. The first-order chi connectivity index (χ1) is 9.10. The van der Waals surface area contributed by atoms with Gasteiger partial charge in [-0.25, -0.2) is 8.42 Å². The van der Waals surface area contributed by atoms with Crippen molar-refractivity contribution in [2.24, 2.45) is 0 Å². The first-order valence-corrected chi connectivity index (χ1v) is 7.59. The molecular formula is C10H12N4O3S2. The van der Waals surface area contributed by atoms with E-state index in [1.165, 1.54) is 10.4 Å². The average Bonchev–Trinajstić information content (AvgIpc) is 2.81. The lowest BCUT2D eigenvalue weighted by molar-refractivity contribution is 0.0730. The van der Waals surface area contributed by atoms with Crippen LogP contribution in [0.4, 0.5) is 0 Å². The number of hydrogen-bond acceptors (Lipinski definition) is 5. The zero-order chi connectivity index (χ0) is 13.5. The summed E-state index contributed by atoms with van der Waals surface area (Å²) in [6.45, 7) is 1.54. The summed E-state index contributed by atoms with van der Waals surface area (Å²) in [5.74, 6) is 0. The molecule has 9 heteroatoms. The van der Waals surface area contributed by atoms with Crippen molar-refractivity contribution in [3.05, 3.63) is 23.1 Å². The Morgan fingerprint density at radius 1 is 1.37 bits per heavy atom. The van der Waals surface area contributed by atoms with Gasteiger partial charge in [0.05, 0.1) is 13.2 Å². The molecule has 0 aliphatic carbocycles. The van der Waals surface area contributed by atoms with Crippen LogP contribution < -0.4 is 0 Å². The maximum Gasteiger partial charge on any atom is 0.247 e. The molecule has 7 nitrogen and oxygen atoms in total. The van der Waals surface area contributed by atoms with Crippen molar-refractivity contribution in [1.29, 1.82) is 0 Å². The van der Waals surface area contributed by atoms with E-state index in [2.05, 4.69) is 10.2 Å². The second-order valence-electron chi connectivity index (χ2n) is 4.11. The van der Waals surface area contributed by atoms with Crippen LogP contribution in [0.5, 0.6) is 0 Å². The molecule has 0 saturated carbocycles. The maximum absolute atomic E-state index is 12.6. The van der Waals surface area contributed by atoms with Crippen molar-refractivity contribution >= 4 is 27.9 Å². The molecule has 2 aromatic rings. The fourth-order valence-electron chi connectivity index (χ4n) is 2.04. The summed E-state index contributed by atoms with van der Waals surface area (Å²) < 4.78 is 33.7. The highest BCUT2D eigenvalue weighted by atomic mass is 32.2. The molecule has 0 spiro atoms. The van der Waals surface area contributed by atoms with Crippen molar-refractivity contribution in [3.8, 4) is 0 Å². The number of hydrogen-bond donors (Lipinski definition) is 1. The summed E-state index contributed by atoms with van der Waals surface area (Å²) in [6.07, 6.45) is 1.68. The van der Waals surface area contributed by atoms with Gasteiger partial charge in [0.1, 0.15) is 4.90 Å². The smallest absolute Gasteiger partial charge is 0.247 e. The van der Waals surface area contributed by atoms with Gasteiger partial charge in [0.2, 0.25) is 10.0 Å². The lowest BCUT2D eigenvalue weighted by atomic mass is 10.5. The molecule has 19 heavy (non-hydrogen) atoms. The van der Waals surface area contributed by atoms with E-state index in [1.54, 1.807) is 16.7 Å². The number of nitrogens with zero attached hydrogens (tertiary/aromatic N) is 3. The van der Waals surface area contributed by atoms with Crippen molar-refractivity contribution in [2.75, 3.05) is 26.3 Å². The lowest BCUT2D eigenvalue weighted by Crippen LogP contribution is -2.40. The standard InChI is InChI=1S/C10H12N4O3S2/c15-19(16,13-4-6-17-7-5-13)8-2-1-3-14-9(8)11-12-10(14)18/h1-3H,4-7H2,(H,12,18). The Bertz CT molecular complexity index is 758. The molecule has 3 heterocycles. The number of nitrogens with one attached hydrogen (secondary N) is 1. The number of aromatic amines is 1. The minimum absolute atomic E-state index is 0.157. The van der Waals surface area contributed by atoms with Crippen LogP contribution in [-0.4, -0.2) is 53.6 Å². The predicted molar refractivity (Wildman–Crippen MR) is 70.0 cm³/mol.